The molecule has 1 heterocycles. The first-order chi connectivity index (χ1) is 9.88. The number of alkyl halides is 3. The maximum absolute atomic E-state index is 13.0. The van der Waals surface area contributed by atoms with Crippen LogP contribution >= 0.6 is 12.2 Å². The van der Waals surface area contributed by atoms with E-state index in [1.807, 2.05) is 0 Å². The zero-order valence-electron chi connectivity index (χ0n) is 11.4. The molecule has 21 heavy (non-hydrogen) atoms. The Morgan fingerprint density at radius 1 is 1.43 bits per heavy atom. The summed E-state index contributed by atoms with van der Waals surface area (Å²) in [6, 6.07) is 3.93. The Bertz CT molecular complexity index is 513. The molecule has 0 bridgehead atoms. The Hall–Kier alpha value is -1.34. The van der Waals surface area contributed by atoms with E-state index in [1.165, 1.54) is 6.07 Å². The number of halogens is 3. The molecule has 0 spiro atoms. The minimum absolute atomic E-state index is 0.146. The summed E-state index contributed by atoms with van der Waals surface area (Å²) >= 11 is 4.67. The SMILES string of the molecule is NC(=S)c1ccc(NCCC2CCOC2)cc1C(F)(F)F. The van der Waals surface area contributed by atoms with Gasteiger partial charge in [-0.25, -0.2) is 0 Å². The number of anilines is 1. The molecule has 3 nitrogen and oxygen atoms in total. The number of hydrogen-bond acceptors (Lipinski definition) is 3. The van der Waals surface area contributed by atoms with Gasteiger partial charge >= 0.3 is 6.18 Å². The van der Waals surface area contributed by atoms with Crippen LogP contribution in [0.25, 0.3) is 0 Å². The van der Waals surface area contributed by atoms with Gasteiger partial charge in [0, 0.05) is 31.0 Å². The Morgan fingerprint density at radius 2 is 2.19 bits per heavy atom. The van der Waals surface area contributed by atoms with Gasteiger partial charge in [-0.15, -0.1) is 0 Å². The lowest BCUT2D eigenvalue weighted by Gasteiger charge is -2.15. The lowest BCUT2D eigenvalue weighted by Crippen LogP contribution is -2.18. The van der Waals surface area contributed by atoms with E-state index in [-0.39, 0.29) is 10.6 Å². The van der Waals surface area contributed by atoms with Crippen molar-refractivity contribution in [2.75, 3.05) is 25.1 Å². The molecule has 0 aliphatic carbocycles. The molecule has 1 saturated heterocycles. The third-order valence-electron chi connectivity index (χ3n) is 3.50. The highest BCUT2D eigenvalue weighted by Crippen LogP contribution is 2.34. The van der Waals surface area contributed by atoms with Gasteiger partial charge in [-0.05, 0) is 37.0 Å². The maximum atomic E-state index is 13.0. The van der Waals surface area contributed by atoms with Gasteiger partial charge in [-0.1, -0.05) is 12.2 Å². The van der Waals surface area contributed by atoms with Crippen molar-refractivity contribution in [3.8, 4) is 0 Å². The summed E-state index contributed by atoms with van der Waals surface area (Å²) in [5.41, 5.74) is 4.81. The first-order valence-electron chi connectivity index (χ1n) is 6.70. The number of hydrogen-bond donors (Lipinski definition) is 2. The van der Waals surface area contributed by atoms with Gasteiger partial charge < -0.3 is 15.8 Å². The van der Waals surface area contributed by atoms with Gasteiger partial charge in [0.05, 0.1) is 5.56 Å². The molecule has 1 aromatic rings. The van der Waals surface area contributed by atoms with Gasteiger partial charge in [-0.2, -0.15) is 13.2 Å². The fourth-order valence-corrected chi connectivity index (χ4v) is 2.51. The zero-order valence-corrected chi connectivity index (χ0v) is 12.2. The van der Waals surface area contributed by atoms with Crippen LogP contribution in [0.2, 0.25) is 0 Å². The number of nitrogens with two attached hydrogens (primary N) is 1. The number of benzene rings is 1. The van der Waals surface area contributed by atoms with Gasteiger partial charge in [0.15, 0.2) is 0 Å². The summed E-state index contributed by atoms with van der Waals surface area (Å²) < 4.78 is 44.3. The molecule has 0 radical (unpaired) electrons. The summed E-state index contributed by atoms with van der Waals surface area (Å²) in [7, 11) is 0. The van der Waals surface area contributed by atoms with Crippen LogP contribution in [0.4, 0.5) is 18.9 Å². The predicted molar refractivity (Wildman–Crippen MR) is 79.4 cm³/mol. The maximum Gasteiger partial charge on any atom is 0.417 e. The van der Waals surface area contributed by atoms with Crippen molar-refractivity contribution in [3.05, 3.63) is 29.3 Å². The molecule has 1 aliphatic rings. The van der Waals surface area contributed by atoms with Gasteiger partial charge in [0.2, 0.25) is 0 Å². The average molecular weight is 318 g/mol. The van der Waals surface area contributed by atoms with Crippen LogP contribution in [-0.2, 0) is 10.9 Å². The Balaban J connectivity index is 2.04. The summed E-state index contributed by atoms with van der Waals surface area (Å²) in [6.07, 6.45) is -2.59. The quantitative estimate of drug-likeness (QED) is 0.819. The lowest BCUT2D eigenvalue weighted by molar-refractivity contribution is -0.137. The van der Waals surface area contributed by atoms with Crippen LogP contribution in [0.1, 0.15) is 24.0 Å². The highest BCUT2D eigenvalue weighted by molar-refractivity contribution is 7.80. The largest absolute Gasteiger partial charge is 0.417 e. The Labute approximate surface area is 126 Å². The standard InChI is InChI=1S/C14H17F3N2OS/c15-14(16,17)12-7-10(1-2-11(12)13(18)21)19-5-3-9-4-6-20-8-9/h1-2,7,9,19H,3-6,8H2,(H2,18,21). The molecule has 2 rings (SSSR count). The molecular formula is C14H17F3N2OS. The molecule has 1 unspecified atom stereocenters. The van der Waals surface area contributed by atoms with E-state index in [4.69, 9.17) is 10.5 Å². The topological polar surface area (TPSA) is 47.3 Å². The second kappa shape index (κ2) is 6.62. The van der Waals surface area contributed by atoms with E-state index < -0.39 is 11.7 Å². The summed E-state index contributed by atoms with van der Waals surface area (Å²) in [6.45, 7) is 2.11. The molecular weight excluding hydrogens is 301 g/mol. The summed E-state index contributed by atoms with van der Waals surface area (Å²) in [4.78, 5) is -0.253. The molecule has 1 atom stereocenters. The minimum atomic E-state index is -4.48. The molecule has 1 aromatic carbocycles. The van der Waals surface area contributed by atoms with E-state index in [1.54, 1.807) is 6.07 Å². The van der Waals surface area contributed by atoms with Crippen molar-refractivity contribution in [1.29, 1.82) is 0 Å². The molecule has 1 aliphatic heterocycles. The average Bonchev–Trinajstić information content (AvgIpc) is 2.90. The molecule has 0 amide bonds. The third-order valence-corrected chi connectivity index (χ3v) is 3.72. The molecule has 7 heteroatoms. The van der Waals surface area contributed by atoms with Crippen LogP contribution < -0.4 is 11.1 Å². The van der Waals surface area contributed by atoms with Crippen LogP contribution in [0.15, 0.2) is 18.2 Å². The van der Waals surface area contributed by atoms with E-state index in [9.17, 15) is 13.2 Å². The lowest BCUT2D eigenvalue weighted by atomic mass is 10.0. The fraction of sp³-hybridized carbons (Fsp3) is 0.500. The van der Waals surface area contributed by atoms with Gasteiger partial charge in [0.1, 0.15) is 4.99 Å². The second-order valence-corrected chi connectivity index (χ2v) is 5.51. The number of nitrogens with one attached hydrogen (secondary N) is 1. The van der Waals surface area contributed by atoms with Gasteiger partial charge in [0.25, 0.3) is 0 Å². The molecule has 116 valence electrons. The Kier molecular flexibility index (Phi) is 5.05. The van der Waals surface area contributed by atoms with Crippen molar-refractivity contribution in [2.45, 2.75) is 19.0 Å². The van der Waals surface area contributed by atoms with Crippen molar-refractivity contribution in [1.82, 2.24) is 0 Å². The first kappa shape index (κ1) is 16.0. The van der Waals surface area contributed by atoms with Crippen molar-refractivity contribution in [2.24, 2.45) is 11.7 Å². The highest BCUT2D eigenvalue weighted by atomic mass is 32.1. The normalized spacial score (nSPS) is 18.7. The van der Waals surface area contributed by atoms with Crippen LogP contribution in [0.3, 0.4) is 0 Å². The summed E-state index contributed by atoms with van der Waals surface area (Å²) in [5, 5.41) is 3.01. The molecule has 0 aromatic heterocycles. The third kappa shape index (κ3) is 4.31. The van der Waals surface area contributed by atoms with Crippen molar-refractivity contribution < 1.29 is 17.9 Å². The van der Waals surface area contributed by atoms with E-state index >= 15 is 0 Å². The monoisotopic (exact) mass is 318 g/mol. The van der Waals surface area contributed by atoms with E-state index in [0.29, 0.717) is 18.2 Å². The van der Waals surface area contributed by atoms with E-state index in [0.717, 1.165) is 32.1 Å². The van der Waals surface area contributed by atoms with Crippen LogP contribution in [-0.4, -0.2) is 24.7 Å². The minimum Gasteiger partial charge on any atom is -0.389 e. The number of thiocarbonyl (C=S) groups is 1. The number of ether oxygens (including phenoxy) is 1. The molecule has 3 N–H and O–H groups in total. The van der Waals surface area contributed by atoms with Gasteiger partial charge in [-0.3, -0.25) is 0 Å². The summed E-state index contributed by atoms with van der Waals surface area (Å²) in [5.74, 6) is 0.482. The highest BCUT2D eigenvalue weighted by Gasteiger charge is 2.34. The molecule has 0 saturated carbocycles. The second-order valence-electron chi connectivity index (χ2n) is 5.07. The van der Waals surface area contributed by atoms with Crippen LogP contribution in [0.5, 0.6) is 0 Å². The van der Waals surface area contributed by atoms with Crippen molar-refractivity contribution in [3.63, 3.8) is 0 Å². The fourth-order valence-electron chi connectivity index (χ4n) is 2.34. The first-order valence-corrected chi connectivity index (χ1v) is 7.11. The van der Waals surface area contributed by atoms with Crippen molar-refractivity contribution >= 4 is 22.9 Å². The zero-order chi connectivity index (χ0) is 15.5. The number of rotatable bonds is 5. The van der Waals surface area contributed by atoms with Crippen LogP contribution in [0, 0.1) is 5.92 Å². The smallest absolute Gasteiger partial charge is 0.389 e. The predicted octanol–water partition coefficient (Wildman–Crippen LogP) is 3.18. The van der Waals surface area contributed by atoms with E-state index in [2.05, 4.69) is 17.5 Å². The molecule has 1 fully saturated rings. The Morgan fingerprint density at radius 3 is 2.76 bits per heavy atom.